The molecule has 1 aromatic heterocycles. The van der Waals surface area contributed by atoms with Crippen molar-refractivity contribution < 1.29 is 18.0 Å². The molecule has 4 aromatic rings. The number of halogens is 3. The fourth-order valence-electron chi connectivity index (χ4n) is 2.97. The zero-order valence-electron chi connectivity index (χ0n) is 14.8. The van der Waals surface area contributed by atoms with Crippen molar-refractivity contribution in [2.45, 2.75) is 6.61 Å². The van der Waals surface area contributed by atoms with E-state index in [-0.39, 0.29) is 23.2 Å². The van der Waals surface area contributed by atoms with Crippen molar-refractivity contribution in [2.75, 3.05) is 0 Å². The van der Waals surface area contributed by atoms with Crippen LogP contribution >= 0.6 is 0 Å². The average Bonchev–Trinajstić information content (AvgIpc) is 2.71. The fraction of sp³-hybridized carbons (Fsp3) is 0.0476. The van der Waals surface area contributed by atoms with E-state index in [1.54, 1.807) is 30.3 Å². The summed E-state index contributed by atoms with van der Waals surface area (Å²) in [6.45, 7) is -0.117. The van der Waals surface area contributed by atoms with Gasteiger partial charge in [-0.3, -0.25) is 9.36 Å². The van der Waals surface area contributed by atoms with E-state index in [0.717, 1.165) is 16.7 Å². The molecule has 0 unspecified atom stereocenters. The quantitative estimate of drug-likeness (QED) is 0.531. The molecule has 3 aromatic carbocycles. The van der Waals surface area contributed by atoms with Crippen LogP contribution in [-0.4, -0.2) is 9.30 Å². The maximum absolute atomic E-state index is 13.9. The molecular weight excluding hydrogens is 385 g/mol. The summed E-state index contributed by atoms with van der Waals surface area (Å²) in [6, 6.07) is 15.1. The second kappa shape index (κ2) is 7.31. The Hall–Kier alpha value is -3.81. The van der Waals surface area contributed by atoms with Crippen molar-refractivity contribution >= 4 is 10.9 Å². The molecule has 5 nitrogen and oxygen atoms in total. The van der Waals surface area contributed by atoms with Crippen molar-refractivity contribution in [3.8, 4) is 5.69 Å². The molecule has 0 aliphatic rings. The summed E-state index contributed by atoms with van der Waals surface area (Å²) < 4.78 is 42.7. The standard InChI is InChI=1S/C21H13F3N2O3/c22-14-7-4-8-15(9-14)25-19-11-18(24)17(23)10-16(19)20(27)26(21(25)28)29-12-13-5-2-1-3-6-13/h1-11H,12H2. The van der Waals surface area contributed by atoms with Crippen LogP contribution < -0.4 is 16.1 Å². The third-order valence-corrected chi connectivity index (χ3v) is 4.33. The lowest BCUT2D eigenvalue weighted by Crippen LogP contribution is -2.43. The number of aromatic nitrogens is 2. The number of rotatable bonds is 4. The second-order valence-corrected chi connectivity index (χ2v) is 6.24. The van der Waals surface area contributed by atoms with Gasteiger partial charge in [-0.05, 0) is 29.8 Å². The summed E-state index contributed by atoms with van der Waals surface area (Å²) >= 11 is 0. The van der Waals surface area contributed by atoms with Crippen LogP contribution in [0.3, 0.4) is 0 Å². The van der Waals surface area contributed by atoms with E-state index in [1.165, 1.54) is 18.2 Å². The van der Waals surface area contributed by atoms with Gasteiger partial charge in [-0.2, -0.15) is 0 Å². The highest BCUT2D eigenvalue weighted by Crippen LogP contribution is 2.18. The molecule has 4 rings (SSSR count). The molecule has 1 heterocycles. The van der Waals surface area contributed by atoms with E-state index in [4.69, 9.17) is 4.84 Å². The van der Waals surface area contributed by atoms with E-state index in [0.29, 0.717) is 16.4 Å². The molecule has 8 heteroatoms. The molecule has 0 atom stereocenters. The molecule has 0 aliphatic carbocycles. The summed E-state index contributed by atoms with van der Waals surface area (Å²) in [5.41, 5.74) is -1.42. The normalized spacial score (nSPS) is 11.0. The van der Waals surface area contributed by atoms with E-state index >= 15 is 0 Å². The van der Waals surface area contributed by atoms with Gasteiger partial charge in [0.25, 0.3) is 5.56 Å². The Morgan fingerprint density at radius 1 is 0.828 bits per heavy atom. The lowest BCUT2D eigenvalue weighted by Gasteiger charge is -2.15. The number of fused-ring (bicyclic) bond motifs is 1. The fourth-order valence-corrected chi connectivity index (χ4v) is 2.97. The molecule has 0 saturated heterocycles. The average molecular weight is 398 g/mol. The minimum atomic E-state index is -1.26. The van der Waals surface area contributed by atoms with Crippen LogP contribution in [0.25, 0.3) is 16.6 Å². The summed E-state index contributed by atoms with van der Waals surface area (Å²) in [5.74, 6) is -3.15. The predicted molar refractivity (Wildman–Crippen MR) is 100 cm³/mol. The minimum Gasteiger partial charge on any atom is -0.401 e. The maximum atomic E-state index is 13.9. The Kier molecular flexibility index (Phi) is 4.67. The van der Waals surface area contributed by atoms with Crippen LogP contribution in [0, 0.1) is 17.5 Å². The van der Waals surface area contributed by atoms with E-state index < -0.39 is 28.7 Å². The van der Waals surface area contributed by atoms with Gasteiger partial charge in [0.05, 0.1) is 16.6 Å². The first-order valence-electron chi connectivity index (χ1n) is 8.55. The van der Waals surface area contributed by atoms with Gasteiger partial charge >= 0.3 is 5.69 Å². The van der Waals surface area contributed by atoms with E-state index in [9.17, 15) is 22.8 Å². The first-order valence-corrected chi connectivity index (χ1v) is 8.55. The Morgan fingerprint density at radius 3 is 2.28 bits per heavy atom. The number of hydrogen-bond acceptors (Lipinski definition) is 3. The third kappa shape index (κ3) is 3.40. The van der Waals surface area contributed by atoms with Gasteiger partial charge in [-0.15, -0.1) is 0 Å². The highest BCUT2D eigenvalue weighted by atomic mass is 19.2. The van der Waals surface area contributed by atoms with E-state index in [1.807, 2.05) is 0 Å². The Balaban J connectivity index is 1.98. The van der Waals surface area contributed by atoms with Crippen molar-refractivity contribution in [1.82, 2.24) is 9.30 Å². The zero-order valence-corrected chi connectivity index (χ0v) is 14.8. The van der Waals surface area contributed by atoms with Gasteiger partial charge in [0.1, 0.15) is 12.4 Å². The van der Waals surface area contributed by atoms with Crippen LogP contribution in [0.2, 0.25) is 0 Å². The van der Waals surface area contributed by atoms with Gasteiger partial charge in [-0.25, -0.2) is 18.0 Å². The molecular formula is C21H13F3N2O3. The molecule has 0 saturated carbocycles. The minimum absolute atomic E-state index is 0.0306. The zero-order chi connectivity index (χ0) is 20.5. The Bertz CT molecular complexity index is 1330. The van der Waals surface area contributed by atoms with Gasteiger partial charge in [0.2, 0.25) is 0 Å². The SMILES string of the molecule is O=c1c2cc(F)c(F)cc2n(-c2cccc(F)c2)c(=O)n1OCc1ccccc1. The lowest BCUT2D eigenvalue weighted by atomic mass is 10.2. The largest absolute Gasteiger partial charge is 0.401 e. The third-order valence-electron chi connectivity index (χ3n) is 4.33. The first kappa shape index (κ1) is 18.5. The Labute approximate surface area is 161 Å². The molecule has 29 heavy (non-hydrogen) atoms. The summed E-state index contributed by atoms with van der Waals surface area (Å²) in [4.78, 5) is 31.1. The van der Waals surface area contributed by atoms with Gasteiger partial charge in [0, 0.05) is 6.07 Å². The molecule has 0 radical (unpaired) electrons. The van der Waals surface area contributed by atoms with Crippen molar-refractivity contribution in [3.63, 3.8) is 0 Å². The Morgan fingerprint density at radius 2 is 1.55 bits per heavy atom. The highest BCUT2D eigenvalue weighted by Gasteiger charge is 2.18. The van der Waals surface area contributed by atoms with Crippen LogP contribution in [-0.2, 0) is 6.61 Å². The van der Waals surface area contributed by atoms with Crippen LogP contribution in [0.5, 0.6) is 0 Å². The monoisotopic (exact) mass is 398 g/mol. The molecule has 0 aliphatic heterocycles. The van der Waals surface area contributed by atoms with Gasteiger partial charge in [0.15, 0.2) is 11.6 Å². The topological polar surface area (TPSA) is 53.2 Å². The van der Waals surface area contributed by atoms with E-state index in [2.05, 4.69) is 0 Å². The van der Waals surface area contributed by atoms with Crippen molar-refractivity contribution in [3.05, 3.63) is 111 Å². The van der Waals surface area contributed by atoms with Crippen molar-refractivity contribution in [1.29, 1.82) is 0 Å². The molecule has 0 amide bonds. The van der Waals surface area contributed by atoms with Gasteiger partial charge < -0.3 is 4.84 Å². The summed E-state index contributed by atoms with van der Waals surface area (Å²) in [7, 11) is 0. The lowest BCUT2D eigenvalue weighted by molar-refractivity contribution is 0.0789. The first-order chi connectivity index (χ1) is 14.0. The van der Waals surface area contributed by atoms with Crippen LogP contribution in [0.1, 0.15) is 5.56 Å². The van der Waals surface area contributed by atoms with Crippen LogP contribution in [0.4, 0.5) is 13.2 Å². The second-order valence-electron chi connectivity index (χ2n) is 6.24. The molecule has 0 N–H and O–H groups in total. The summed E-state index contributed by atoms with van der Waals surface area (Å²) in [5, 5.41) is -0.291. The number of nitrogens with zero attached hydrogens (tertiary/aromatic N) is 2. The number of hydrogen-bond donors (Lipinski definition) is 0. The molecule has 0 spiro atoms. The summed E-state index contributed by atoms with van der Waals surface area (Å²) in [6.07, 6.45) is 0. The molecule has 0 fully saturated rings. The maximum Gasteiger partial charge on any atom is 0.369 e. The molecule has 146 valence electrons. The van der Waals surface area contributed by atoms with Gasteiger partial charge in [-0.1, -0.05) is 41.1 Å². The predicted octanol–water partition coefficient (Wildman–Crippen LogP) is 3.20. The van der Waals surface area contributed by atoms with Crippen LogP contribution in [0.15, 0.2) is 76.3 Å². The van der Waals surface area contributed by atoms with Crippen molar-refractivity contribution in [2.24, 2.45) is 0 Å². The number of benzene rings is 3. The molecule has 0 bridgehead atoms. The highest BCUT2D eigenvalue weighted by molar-refractivity contribution is 5.79. The smallest absolute Gasteiger partial charge is 0.369 e.